The Morgan fingerprint density at radius 2 is 1.71 bits per heavy atom. The standard InChI is InChI=1S/C23H24F5N5O2/c1-13-10-31(21(34)35-22(2,3)4)5-6-32(13)19-18-17(23(26,27)28)11-33(20(18)30-12-29-19)16-8-14(24)7-15(25)9-16/h7-9,11-13H,5-6,10H2,1-4H3/t13-/m0/s1. The first-order valence-corrected chi connectivity index (χ1v) is 10.9. The predicted octanol–water partition coefficient (Wildman–Crippen LogP) is 5.16. The summed E-state index contributed by atoms with van der Waals surface area (Å²) in [7, 11) is 0. The number of rotatable bonds is 2. The molecule has 1 amide bonds. The number of alkyl halides is 3. The number of carbonyl (C=O) groups is 1. The zero-order valence-electron chi connectivity index (χ0n) is 19.5. The summed E-state index contributed by atoms with van der Waals surface area (Å²) in [6.45, 7) is 7.61. The average molecular weight is 497 g/mol. The number of aromatic nitrogens is 3. The monoisotopic (exact) mass is 497 g/mol. The Balaban J connectivity index is 1.77. The van der Waals surface area contributed by atoms with Crippen molar-refractivity contribution in [2.75, 3.05) is 24.5 Å². The number of benzene rings is 1. The van der Waals surface area contributed by atoms with Gasteiger partial charge in [0.2, 0.25) is 0 Å². The van der Waals surface area contributed by atoms with Crippen molar-refractivity contribution in [3.05, 3.63) is 47.9 Å². The van der Waals surface area contributed by atoms with Crippen LogP contribution in [0.5, 0.6) is 0 Å². The van der Waals surface area contributed by atoms with Crippen LogP contribution >= 0.6 is 0 Å². The summed E-state index contributed by atoms with van der Waals surface area (Å²) in [4.78, 5) is 23.8. The van der Waals surface area contributed by atoms with E-state index in [9.17, 15) is 26.7 Å². The normalized spacial score (nSPS) is 17.2. The van der Waals surface area contributed by atoms with E-state index in [1.807, 2.05) is 0 Å². The molecular weight excluding hydrogens is 473 g/mol. The molecular formula is C23H24F5N5O2. The number of piperazine rings is 1. The van der Waals surface area contributed by atoms with Gasteiger partial charge in [-0.2, -0.15) is 13.2 Å². The molecule has 0 radical (unpaired) electrons. The minimum absolute atomic E-state index is 0.0225. The smallest absolute Gasteiger partial charge is 0.418 e. The molecule has 35 heavy (non-hydrogen) atoms. The van der Waals surface area contributed by atoms with Crippen molar-refractivity contribution >= 4 is 22.9 Å². The Hall–Kier alpha value is -3.44. The van der Waals surface area contributed by atoms with Gasteiger partial charge in [0.15, 0.2) is 5.65 Å². The van der Waals surface area contributed by atoms with Crippen LogP contribution in [0.1, 0.15) is 33.3 Å². The second-order valence-corrected chi connectivity index (χ2v) is 9.40. The molecule has 1 atom stereocenters. The number of amides is 1. The number of hydrogen-bond donors (Lipinski definition) is 0. The minimum atomic E-state index is -4.78. The van der Waals surface area contributed by atoms with Crippen LogP contribution in [0, 0.1) is 11.6 Å². The van der Waals surface area contributed by atoms with Gasteiger partial charge in [-0.05, 0) is 39.8 Å². The zero-order chi connectivity index (χ0) is 25.7. The molecule has 188 valence electrons. The van der Waals surface area contributed by atoms with Gasteiger partial charge in [-0.25, -0.2) is 23.5 Å². The van der Waals surface area contributed by atoms with Gasteiger partial charge >= 0.3 is 12.3 Å². The van der Waals surface area contributed by atoms with Crippen molar-refractivity contribution in [1.29, 1.82) is 0 Å². The maximum absolute atomic E-state index is 14.1. The lowest BCUT2D eigenvalue weighted by Crippen LogP contribution is -2.55. The number of nitrogens with zero attached hydrogens (tertiary/aromatic N) is 5. The Labute approximate surface area is 198 Å². The van der Waals surface area contributed by atoms with Gasteiger partial charge in [0, 0.05) is 37.9 Å². The van der Waals surface area contributed by atoms with E-state index in [2.05, 4.69) is 9.97 Å². The van der Waals surface area contributed by atoms with Crippen molar-refractivity contribution < 1.29 is 31.5 Å². The van der Waals surface area contributed by atoms with Gasteiger partial charge in [0.25, 0.3) is 0 Å². The zero-order valence-corrected chi connectivity index (χ0v) is 19.5. The first-order valence-electron chi connectivity index (χ1n) is 10.9. The largest absolute Gasteiger partial charge is 0.444 e. The van der Waals surface area contributed by atoms with Crippen LogP contribution in [0.25, 0.3) is 16.7 Å². The predicted molar refractivity (Wildman–Crippen MR) is 118 cm³/mol. The van der Waals surface area contributed by atoms with Crippen molar-refractivity contribution in [3.8, 4) is 5.69 Å². The highest BCUT2D eigenvalue weighted by Crippen LogP contribution is 2.41. The quantitative estimate of drug-likeness (QED) is 0.458. The molecule has 2 aromatic heterocycles. The lowest BCUT2D eigenvalue weighted by atomic mass is 10.1. The van der Waals surface area contributed by atoms with Crippen LogP contribution in [0.4, 0.5) is 32.6 Å². The molecule has 0 aliphatic carbocycles. The summed E-state index contributed by atoms with van der Waals surface area (Å²) in [5.41, 5.74) is -2.00. The van der Waals surface area contributed by atoms with Crippen molar-refractivity contribution in [2.24, 2.45) is 0 Å². The van der Waals surface area contributed by atoms with Gasteiger partial charge in [-0.15, -0.1) is 0 Å². The molecule has 3 aromatic rings. The molecule has 0 spiro atoms. The van der Waals surface area contributed by atoms with Gasteiger partial charge in [0.1, 0.15) is 29.4 Å². The summed E-state index contributed by atoms with van der Waals surface area (Å²) in [6.07, 6.45) is -3.42. The van der Waals surface area contributed by atoms with E-state index in [-0.39, 0.29) is 42.2 Å². The molecule has 1 aliphatic heterocycles. The van der Waals surface area contributed by atoms with E-state index in [0.29, 0.717) is 6.07 Å². The van der Waals surface area contributed by atoms with Gasteiger partial charge in [-0.3, -0.25) is 0 Å². The number of fused-ring (bicyclic) bond motifs is 1. The summed E-state index contributed by atoms with van der Waals surface area (Å²) < 4.78 is 76.3. The molecule has 3 heterocycles. The number of ether oxygens (including phenoxy) is 1. The van der Waals surface area contributed by atoms with Crippen LogP contribution in [0.15, 0.2) is 30.7 Å². The van der Waals surface area contributed by atoms with E-state index in [4.69, 9.17) is 4.74 Å². The first-order chi connectivity index (χ1) is 16.2. The molecule has 1 fully saturated rings. The Morgan fingerprint density at radius 1 is 1.06 bits per heavy atom. The van der Waals surface area contributed by atoms with Crippen LogP contribution in [0.2, 0.25) is 0 Å². The maximum atomic E-state index is 14.1. The average Bonchev–Trinajstić information content (AvgIpc) is 3.12. The Morgan fingerprint density at radius 3 is 2.29 bits per heavy atom. The van der Waals surface area contributed by atoms with E-state index in [0.717, 1.165) is 29.2 Å². The second-order valence-electron chi connectivity index (χ2n) is 9.40. The van der Waals surface area contributed by atoms with E-state index < -0.39 is 41.1 Å². The van der Waals surface area contributed by atoms with Crippen LogP contribution in [-0.2, 0) is 10.9 Å². The SMILES string of the molecule is C[C@H]1CN(C(=O)OC(C)(C)C)CCN1c1ncnc2c1c(C(F)(F)F)cn2-c1cc(F)cc(F)c1. The van der Waals surface area contributed by atoms with Crippen LogP contribution in [0.3, 0.4) is 0 Å². The first kappa shape index (κ1) is 24.7. The molecule has 0 saturated carbocycles. The number of hydrogen-bond acceptors (Lipinski definition) is 5. The fourth-order valence-electron chi connectivity index (χ4n) is 4.12. The minimum Gasteiger partial charge on any atom is -0.444 e. The number of anilines is 1. The highest BCUT2D eigenvalue weighted by atomic mass is 19.4. The fraction of sp³-hybridized carbons (Fsp3) is 0.435. The molecule has 12 heteroatoms. The van der Waals surface area contributed by atoms with Crippen molar-refractivity contribution in [2.45, 2.75) is 45.5 Å². The van der Waals surface area contributed by atoms with E-state index >= 15 is 0 Å². The van der Waals surface area contributed by atoms with Gasteiger partial charge < -0.3 is 19.1 Å². The third-order valence-electron chi connectivity index (χ3n) is 5.55. The molecule has 4 rings (SSSR count). The van der Waals surface area contributed by atoms with E-state index in [1.165, 1.54) is 4.90 Å². The third-order valence-corrected chi connectivity index (χ3v) is 5.55. The highest BCUT2D eigenvalue weighted by Gasteiger charge is 2.39. The van der Waals surface area contributed by atoms with Crippen molar-refractivity contribution in [3.63, 3.8) is 0 Å². The fourth-order valence-corrected chi connectivity index (χ4v) is 4.12. The van der Waals surface area contributed by atoms with Crippen LogP contribution < -0.4 is 4.90 Å². The van der Waals surface area contributed by atoms with Gasteiger partial charge in [0.05, 0.1) is 16.6 Å². The molecule has 1 saturated heterocycles. The lowest BCUT2D eigenvalue weighted by Gasteiger charge is -2.41. The van der Waals surface area contributed by atoms with Gasteiger partial charge in [-0.1, -0.05) is 0 Å². The van der Waals surface area contributed by atoms with Crippen LogP contribution in [-0.4, -0.2) is 56.8 Å². The third kappa shape index (κ3) is 5.01. The summed E-state index contributed by atoms with van der Waals surface area (Å²) >= 11 is 0. The molecule has 1 aliphatic rings. The topological polar surface area (TPSA) is 63.5 Å². The maximum Gasteiger partial charge on any atom is 0.418 e. The molecule has 0 unspecified atom stereocenters. The summed E-state index contributed by atoms with van der Waals surface area (Å²) in [5.74, 6) is -1.84. The number of halogens is 5. The Bertz CT molecular complexity index is 1250. The summed E-state index contributed by atoms with van der Waals surface area (Å²) in [6, 6.07) is 2.08. The molecule has 0 N–H and O–H groups in total. The Kier molecular flexibility index (Phi) is 6.10. The number of carbonyl (C=O) groups excluding carboxylic acids is 1. The lowest BCUT2D eigenvalue weighted by molar-refractivity contribution is -0.136. The van der Waals surface area contributed by atoms with E-state index in [1.54, 1.807) is 32.6 Å². The van der Waals surface area contributed by atoms with Crippen molar-refractivity contribution in [1.82, 2.24) is 19.4 Å². The summed E-state index contributed by atoms with van der Waals surface area (Å²) in [5, 5.41) is -0.290. The molecule has 0 bridgehead atoms. The molecule has 1 aromatic carbocycles. The second kappa shape index (κ2) is 8.65. The highest BCUT2D eigenvalue weighted by molar-refractivity contribution is 5.93. The molecule has 7 nitrogen and oxygen atoms in total.